The maximum atomic E-state index is 13.2. The first kappa shape index (κ1) is 18.1. The largest absolute Gasteiger partial charge is 0.416 e. The van der Waals surface area contributed by atoms with Crippen LogP contribution in [-0.2, 0) is 12.6 Å². The summed E-state index contributed by atoms with van der Waals surface area (Å²) in [6, 6.07) is 8.62. The fourth-order valence-electron chi connectivity index (χ4n) is 2.27. The van der Waals surface area contributed by atoms with Crippen LogP contribution in [0.15, 0.2) is 41.9 Å². The number of carbonyl (C=O) groups excluding carboxylic acids is 1. The highest BCUT2D eigenvalue weighted by molar-refractivity contribution is 7.16. The average molecular weight is 393 g/mol. The highest BCUT2D eigenvalue weighted by Gasteiger charge is 2.33. The Bertz CT molecular complexity index is 972. The first-order valence-electron chi connectivity index (χ1n) is 7.26. The number of halogens is 3. The van der Waals surface area contributed by atoms with Gasteiger partial charge in [-0.2, -0.15) is 18.4 Å². The summed E-state index contributed by atoms with van der Waals surface area (Å²) in [5.74, 6) is -0.310. The van der Waals surface area contributed by atoms with Crippen LogP contribution in [0.5, 0.6) is 0 Å². The van der Waals surface area contributed by atoms with E-state index in [2.05, 4.69) is 10.3 Å². The molecular weight excluding hydrogens is 383 g/mol. The Morgan fingerprint density at radius 2 is 2.12 bits per heavy atom. The van der Waals surface area contributed by atoms with Gasteiger partial charge in [0.15, 0.2) is 5.13 Å². The Kier molecular flexibility index (Phi) is 5.06. The summed E-state index contributed by atoms with van der Waals surface area (Å²) in [6.07, 6.45) is -3.11. The maximum Gasteiger partial charge on any atom is 0.416 e. The Hall–Kier alpha value is -2.70. The minimum absolute atomic E-state index is 0.00703. The van der Waals surface area contributed by atoms with Crippen LogP contribution in [0.25, 0.3) is 0 Å². The molecule has 0 unspecified atom stereocenters. The van der Waals surface area contributed by atoms with Crippen molar-refractivity contribution in [3.05, 3.63) is 68.4 Å². The van der Waals surface area contributed by atoms with Gasteiger partial charge in [0.2, 0.25) is 0 Å². The van der Waals surface area contributed by atoms with Crippen molar-refractivity contribution >= 4 is 33.7 Å². The van der Waals surface area contributed by atoms with Crippen molar-refractivity contribution in [2.24, 2.45) is 0 Å². The van der Waals surface area contributed by atoms with Crippen molar-refractivity contribution in [2.45, 2.75) is 12.6 Å². The summed E-state index contributed by atoms with van der Waals surface area (Å²) >= 11 is 2.39. The number of nitrogens with zero attached hydrogens (tertiary/aromatic N) is 2. The molecule has 3 rings (SSSR count). The first-order valence-corrected chi connectivity index (χ1v) is 8.96. The Labute approximate surface area is 154 Å². The molecule has 0 saturated heterocycles. The lowest BCUT2D eigenvalue weighted by molar-refractivity contribution is -0.138. The van der Waals surface area contributed by atoms with Crippen molar-refractivity contribution in [3.8, 4) is 6.07 Å². The lowest BCUT2D eigenvalue weighted by atomic mass is 10.0. The van der Waals surface area contributed by atoms with Crippen LogP contribution in [0.4, 0.5) is 18.3 Å². The van der Waals surface area contributed by atoms with Gasteiger partial charge in [-0.1, -0.05) is 12.1 Å². The van der Waals surface area contributed by atoms with E-state index in [0.717, 1.165) is 17.4 Å². The van der Waals surface area contributed by atoms with Crippen LogP contribution < -0.4 is 5.32 Å². The van der Waals surface area contributed by atoms with Crippen LogP contribution in [0.2, 0.25) is 0 Å². The second-order valence-corrected chi connectivity index (χ2v) is 7.28. The summed E-state index contributed by atoms with van der Waals surface area (Å²) in [5, 5.41) is 13.5. The number of thiophene rings is 1. The molecule has 0 aliphatic heterocycles. The molecule has 1 N–H and O–H groups in total. The number of hydrogen-bond donors (Lipinski definition) is 1. The van der Waals surface area contributed by atoms with E-state index >= 15 is 0 Å². The van der Waals surface area contributed by atoms with Crippen LogP contribution >= 0.6 is 22.7 Å². The van der Waals surface area contributed by atoms with Gasteiger partial charge < -0.3 is 0 Å². The SMILES string of the molecule is N#Cc1ccc(Cc2cnc(NC(=O)c3cccs3)s2)c(C(F)(F)F)c1. The van der Waals surface area contributed by atoms with Gasteiger partial charge >= 0.3 is 6.18 Å². The lowest BCUT2D eigenvalue weighted by Gasteiger charge is -2.12. The van der Waals surface area contributed by atoms with Gasteiger partial charge in [0, 0.05) is 17.5 Å². The number of thiazole rings is 1. The van der Waals surface area contributed by atoms with Crippen molar-refractivity contribution in [2.75, 3.05) is 5.32 Å². The van der Waals surface area contributed by atoms with Crippen molar-refractivity contribution in [3.63, 3.8) is 0 Å². The fraction of sp³-hybridized carbons (Fsp3) is 0.118. The monoisotopic (exact) mass is 393 g/mol. The van der Waals surface area contributed by atoms with Crippen molar-refractivity contribution in [1.82, 2.24) is 4.98 Å². The summed E-state index contributed by atoms with van der Waals surface area (Å²) in [5.41, 5.74) is -0.834. The Morgan fingerprint density at radius 3 is 2.77 bits per heavy atom. The number of hydrogen-bond acceptors (Lipinski definition) is 5. The quantitative estimate of drug-likeness (QED) is 0.683. The highest BCUT2D eigenvalue weighted by Crippen LogP contribution is 2.34. The highest BCUT2D eigenvalue weighted by atomic mass is 32.1. The van der Waals surface area contributed by atoms with Gasteiger partial charge in [0.25, 0.3) is 5.91 Å². The van der Waals surface area contributed by atoms with E-state index in [1.807, 2.05) is 0 Å². The minimum atomic E-state index is -4.55. The van der Waals surface area contributed by atoms with Gasteiger partial charge in [-0.15, -0.1) is 22.7 Å². The molecule has 0 atom stereocenters. The van der Waals surface area contributed by atoms with E-state index in [0.29, 0.717) is 14.9 Å². The summed E-state index contributed by atoms with van der Waals surface area (Å²) in [4.78, 5) is 17.1. The molecule has 0 aliphatic rings. The predicted molar refractivity (Wildman–Crippen MR) is 93.4 cm³/mol. The van der Waals surface area contributed by atoms with E-state index < -0.39 is 11.7 Å². The van der Waals surface area contributed by atoms with Crippen molar-refractivity contribution < 1.29 is 18.0 Å². The van der Waals surface area contributed by atoms with E-state index in [-0.39, 0.29) is 23.5 Å². The van der Waals surface area contributed by atoms with E-state index in [1.54, 1.807) is 23.6 Å². The molecule has 0 radical (unpaired) electrons. The number of nitriles is 1. The number of anilines is 1. The molecular formula is C17H10F3N3OS2. The molecule has 0 fully saturated rings. The van der Waals surface area contributed by atoms with E-state index in [9.17, 15) is 18.0 Å². The van der Waals surface area contributed by atoms with Crippen LogP contribution in [0, 0.1) is 11.3 Å². The topological polar surface area (TPSA) is 65.8 Å². The van der Waals surface area contributed by atoms with Gasteiger partial charge in [0.05, 0.1) is 22.1 Å². The van der Waals surface area contributed by atoms with Gasteiger partial charge in [-0.3, -0.25) is 10.1 Å². The summed E-state index contributed by atoms with van der Waals surface area (Å²) < 4.78 is 39.7. The average Bonchev–Trinajstić information content (AvgIpc) is 3.26. The number of nitrogens with one attached hydrogen (secondary N) is 1. The third-order valence-electron chi connectivity index (χ3n) is 3.43. The predicted octanol–water partition coefficient (Wildman–Crippen LogP) is 4.94. The van der Waals surface area contributed by atoms with Gasteiger partial charge in [-0.25, -0.2) is 4.98 Å². The summed E-state index contributed by atoms with van der Waals surface area (Å²) in [7, 11) is 0. The molecule has 1 aromatic carbocycles. The van der Waals surface area contributed by atoms with E-state index in [1.165, 1.54) is 29.7 Å². The molecule has 2 heterocycles. The molecule has 26 heavy (non-hydrogen) atoms. The molecule has 0 spiro atoms. The normalized spacial score (nSPS) is 11.2. The molecule has 1 amide bonds. The Balaban J connectivity index is 1.79. The van der Waals surface area contributed by atoms with Gasteiger partial charge in [-0.05, 0) is 29.1 Å². The smallest absolute Gasteiger partial charge is 0.297 e. The Morgan fingerprint density at radius 1 is 1.31 bits per heavy atom. The molecule has 3 aromatic rings. The maximum absolute atomic E-state index is 13.2. The lowest BCUT2D eigenvalue weighted by Crippen LogP contribution is -2.10. The third-order valence-corrected chi connectivity index (χ3v) is 5.21. The molecule has 132 valence electrons. The number of amides is 1. The second kappa shape index (κ2) is 7.27. The van der Waals surface area contributed by atoms with Crippen LogP contribution in [0.3, 0.4) is 0 Å². The van der Waals surface area contributed by atoms with Gasteiger partial charge in [0.1, 0.15) is 0 Å². The molecule has 0 bridgehead atoms. The fourth-order valence-corrected chi connectivity index (χ4v) is 3.71. The molecule has 2 aromatic heterocycles. The van der Waals surface area contributed by atoms with Crippen molar-refractivity contribution in [1.29, 1.82) is 5.26 Å². The zero-order valence-electron chi connectivity index (χ0n) is 13.0. The zero-order chi connectivity index (χ0) is 18.7. The van der Waals surface area contributed by atoms with E-state index in [4.69, 9.17) is 5.26 Å². The second-order valence-electron chi connectivity index (χ2n) is 5.22. The standard InChI is InChI=1S/C17H10F3N3OS2/c18-17(19,20)13-6-10(8-21)3-4-11(13)7-12-9-22-16(26-12)23-15(24)14-2-1-5-25-14/h1-6,9H,7H2,(H,22,23,24). The molecule has 4 nitrogen and oxygen atoms in total. The number of aromatic nitrogens is 1. The summed E-state index contributed by atoms with van der Waals surface area (Å²) in [6.45, 7) is 0. The molecule has 9 heteroatoms. The van der Waals surface area contributed by atoms with Crippen LogP contribution in [-0.4, -0.2) is 10.9 Å². The third kappa shape index (κ3) is 4.09. The molecule has 0 saturated carbocycles. The first-order chi connectivity index (χ1) is 12.4. The number of alkyl halides is 3. The number of rotatable bonds is 4. The number of carbonyl (C=O) groups is 1. The van der Waals surface area contributed by atoms with Crippen LogP contribution in [0.1, 0.15) is 31.2 Å². The molecule has 0 aliphatic carbocycles. The minimum Gasteiger partial charge on any atom is -0.297 e. The number of benzene rings is 1. The zero-order valence-corrected chi connectivity index (χ0v) is 14.6.